The summed E-state index contributed by atoms with van der Waals surface area (Å²) in [6, 6.07) is 14.2. The Morgan fingerprint density at radius 1 is 1.15 bits per heavy atom. The van der Waals surface area contributed by atoms with Crippen LogP contribution in [-0.4, -0.2) is 33.6 Å². The van der Waals surface area contributed by atoms with Crippen molar-refractivity contribution in [3.05, 3.63) is 60.2 Å². The molecule has 0 aliphatic carbocycles. The molecule has 2 heterocycles. The van der Waals surface area contributed by atoms with Gasteiger partial charge in [0, 0.05) is 19.6 Å². The molecule has 0 bridgehead atoms. The zero-order valence-corrected chi connectivity index (χ0v) is 15.4. The number of amides is 2. The second-order valence-electron chi connectivity index (χ2n) is 7.10. The van der Waals surface area contributed by atoms with E-state index in [1.54, 1.807) is 23.1 Å². The molecule has 1 N–H and O–H groups in total. The van der Waals surface area contributed by atoms with Crippen molar-refractivity contribution in [2.24, 2.45) is 5.92 Å². The number of rotatable bonds is 3. The highest BCUT2D eigenvalue weighted by Crippen LogP contribution is 2.24. The average molecular weight is 366 g/mol. The molecule has 0 saturated carbocycles. The van der Waals surface area contributed by atoms with Crippen LogP contribution in [0.15, 0.2) is 48.5 Å². The summed E-state index contributed by atoms with van der Waals surface area (Å²) in [5, 5.41) is 2.67. The smallest absolute Gasteiger partial charge is 0.321 e. The van der Waals surface area contributed by atoms with E-state index in [-0.39, 0.29) is 11.7 Å². The highest BCUT2D eigenvalue weighted by Gasteiger charge is 2.24. The number of carbonyl (C=O) groups is 1. The largest absolute Gasteiger partial charge is 0.328 e. The molecule has 0 spiro atoms. The lowest BCUT2D eigenvalue weighted by atomic mass is 9.97. The highest BCUT2D eigenvalue weighted by atomic mass is 19.1. The van der Waals surface area contributed by atoms with Crippen molar-refractivity contribution >= 4 is 22.8 Å². The summed E-state index contributed by atoms with van der Waals surface area (Å²) in [5.41, 5.74) is 2.41. The first-order valence-corrected chi connectivity index (χ1v) is 9.34. The minimum atomic E-state index is -0.414. The summed E-state index contributed by atoms with van der Waals surface area (Å²) in [7, 11) is 0. The number of hydrogen-bond donors (Lipinski definition) is 1. The van der Waals surface area contributed by atoms with Crippen LogP contribution in [0.3, 0.4) is 0 Å². The van der Waals surface area contributed by atoms with E-state index in [4.69, 9.17) is 0 Å². The quantitative estimate of drug-likeness (QED) is 0.746. The van der Waals surface area contributed by atoms with Crippen LogP contribution in [0, 0.1) is 18.7 Å². The summed E-state index contributed by atoms with van der Waals surface area (Å²) < 4.78 is 16.0. The van der Waals surface area contributed by atoms with Gasteiger partial charge >= 0.3 is 6.03 Å². The molecular formula is C21H23FN4O. The molecule has 0 unspecified atom stereocenters. The van der Waals surface area contributed by atoms with Gasteiger partial charge in [0.25, 0.3) is 0 Å². The number of halogens is 1. The number of nitrogens with one attached hydrogen (secondary N) is 1. The van der Waals surface area contributed by atoms with Crippen LogP contribution in [0.2, 0.25) is 0 Å². The van der Waals surface area contributed by atoms with Crippen molar-refractivity contribution in [2.75, 3.05) is 18.4 Å². The fourth-order valence-corrected chi connectivity index (χ4v) is 3.76. The Labute approximate surface area is 157 Å². The van der Waals surface area contributed by atoms with Gasteiger partial charge in [-0.1, -0.05) is 24.3 Å². The van der Waals surface area contributed by atoms with Crippen LogP contribution in [0.4, 0.5) is 14.9 Å². The van der Waals surface area contributed by atoms with Crippen LogP contribution in [0.5, 0.6) is 0 Å². The van der Waals surface area contributed by atoms with Gasteiger partial charge in [0.15, 0.2) is 0 Å². The Morgan fingerprint density at radius 3 is 2.63 bits per heavy atom. The van der Waals surface area contributed by atoms with Gasteiger partial charge < -0.3 is 14.8 Å². The number of urea groups is 1. The molecule has 1 fully saturated rings. The monoisotopic (exact) mass is 366 g/mol. The summed E-state index contributed by atoms with van der Waals surface area (Å²) >= 11 is 0. The number of aromatic nitrogens is 2. The molecule has 2 amide bonds. The standard InChI is InChI=1S/C21H23FN4O/c1-15-23-19-8-4-5-9-20(19)26(15)14-16-10-12-25(13-11-16)21(27)24-18-7-3-2-6-17(18)22/h2-9,16H,10-14H2,1H3,(H,24,27). The van der Waals surface area contributed by atoms with E-state index < -0.39 is 5.82 Å². The third kappa shape index (κ3) is 3.65. The zero-order chi connectivity index (χ0) is 18.8. The number of likely N-dealkylation sites (tertiary alicyclic amines) is 1. The number of carbonyl (C=O) groups excluding carboxylic acids is 1. The predicted octanol–water partition coefficient (Wildman–Crippen LogP) is 4.43. The van der Waals surface area contributed by atoms with Crippen LogP contribution in [-0.2, 0) is 6.54 Å². The minimum absolute atomic E-state index is 0.227. The van der Waals surface area contributed by atoms with E-state index >= 15 is 0 Å². The van der Waals surface area contributed by atoms with Gasteiger partial charge in [-0.05, 0) is 49.9 Å². The summed E-state index contributed by atoms with van der Waals surface area (Å²) in [6.45, 7) is 4.30. The molecule has 1 aliphatic rings. The van der Waals surface area contributed by atoms with Gasteiger partial charge in [-0.15, -0.1) is 0 Å². The third-order valence-corrected chi connectivity index (χ3v) is 5.30. The second-order valence-corrected chi connectivity index (χ2v) is 7.10. The normalized spacial score (nSPS) is 15.3. The number of para-hydroxylation sites is 3. The Bertz CT molecular complexity index is 960. The van der Waals surface area contributed by atoms with E-state index in [0.29, 0.717) is 19.0 Å². The molecule has 5 nitrogen and oxygen atoms in total. The first kappa shape index (κ1) is 17.5. The number of imidazole rings is 1. The van der Waals surface area contributed by atoms with E-state index in [0.717, 1.165) is 36.2 Å². The van der Waals surface area contributed by atoms with E-state index in [1.165, 1.54) is 6.07 Å². The number of piperidine rings is 1. The number of benzene rings is 2. The molecule has 0 radical (unpaired) electrons. The lowest BCUT2D eigenvalue weighted by Gasteiger charge is -2.32. The average Bonchev–Trinajstić information content (AvgIpc) is 2.99. The van der Waals surface area contributed by atoms with Crippen molar-refractivity contribution in [1.82, 2.24) is 14.5 Å². The maximum atomic E-state index is 13.7. The van der Waals surface area contributed by atoms with Crippen molar-refractivity contribution in [3.63, 3.8) is 0 Å². The van der Waals surface area contributed by atoms with Crippen molar-refractivity contribution < 1.29 is 9.18 Å². The number of nitrogens with zero attached hydrogens (tertiary/aromatic N) is 3. The molecule has 140 valence electrons. The van der Waals surface area contributed by atoms with E-state index in [9.17, 15) is 9.18 Å². The third-order valence-electron chi connectivity index (χ3n) is 5.30. The van der Waals surface area contributed by atoms with E-state index in [2.05, 4.69) is 20.9 Å². The van der Waals surface area contributed by atoms with Gasteiger partial charge in [0.05, 0.1) is 16.7 Å². The summed E-state index contributed by atoms with van der Waals surface area (Å²) in [6.07, 6.45) is 1.85. The highest BCUT2D eigenvalue weighted by molar-refractivity contribution is 5.89. The van der Waals surface area contributed by atoms with Gasteiger partial charge in [-0.3, -0.25) is 0 Å². The zero-order valence-electron chi connectivity index (χ0n) is 15.4. The van der Waals surface area contributed by atoms with E-state index in [1.807, 2.05) is 25.1 Å². The molecule has 0 atom stereocenters. The van der Waals surface area contributed by atoms with Crippen molar-refractivity contribution in [1.29, 1.82) is 0 Å². The lowest BCUT2D eigenvalue weighted by molar-refractivity contribution is 0.177. The van der Waals surface area contributed by atoms with Crippen LogP contribution in [0.25, 0.3) is 11.0 Å². The Morgan fingerprint density at radius 2 is 1.85 bits per heavy atom. The maximum Gasteiger partial charge on any atom is 0.321 e. The summed E-state index contributed by atoms with van der Waals surface area (Å²) in [4.78, 5) is 18.8. The van der Waals surface area contributed by atoms with Gasteiger partial charge in [-0.2, -0.15) is 0 Å². The lowest BCUT2D eigenvalue weighted by Crippen LogP contribution is -2.41. The SMILES string of the molecule is Cc1nc2ccccc2n1CC1CCN(C(=O)Nc2ccccc2F)CC1. The fraction of sp³-hybridized carbons (Fsp3) is 0.333. The topological polar surface area (TPSA) is 50.2 Å². The molecular weight excluding hydrogens is 343 g/mol. The molecule has 4 rings (SSSR count). The molecule has 1 aromatic heterocycles. The van der Waals surface area contributed by atoms with Crippen molar-refractivity contribution in [3.8, 4) is 0 Å². The fourth-order valence-electron chi connectivity index (χ4n) is 3.76. The Kier molecular flexibility index (Phi) is 4.79. The minimum Gasteiger partial charge on any atom is -0.328 e. The molecule has 1 aliphatic heterocycles. The van der Waals surface area contributed by atoms with Gasteiger partial charge in [0.2, 0.25) is 0 Å². The number of fused-ring (bicyclic) bond motifs is 1. The van der Waals surface area contributed by atoms with Crippen LogP contribution >= 0.6 is 0 Å². The first-order valence-electron chi connectivity index (χ1n) is 9.34. The summed E-state index contributed by atoms with van der Waals surface area (Å²) in [5.74, 6) is 1.11. The molecule has 3 aromatic rings. The van der Waals surface area contributed by atoms with Crippen molar-refractivity contribution in [2.45, 2.75) is 26.3 Å². The van der Waals surface area contributed by atoms with Gasteiger partial charge in [-0.25, -0.2) is 14.2 Å². The molecule has 1 saturated heterocycles. The molecule has 27 heavy (non-hydrogen) atoms. The number of hydrogen-bond acceptors (Lipinski definition) is 2. The number of anilines is 1. The first-order chi connectivity index (χ1) is 13.1. The molecule has 2 aromatic carbocycles. The Balaban J connectivity index is 1.37. The van der Waals surface area contributed by atoms with Crippen LogP contribution < -0.4 is 5.32 Å². The van der Waals surface area contributed by atoms with Crippen LogP contribution in [0.1, 0.15) is 18.7 Å². The van der Waals surface area contributed by atoms with Gasteiger partial charge in [0.1, 0.15) is 11.6 Å². The Hall–Kier alpha value is -2.89. The predicted molar refractivity (Wildman–Crippen MR) is 104 cm³/mol. The molecule has 6 heteroatoms. The number of aryl methyl sites for hydroxylation is 1. The second kappa shape index (κ2) is 7.39. The maximum absolute atomic E-state index is 13.7.